The van der Waals surface area contributed by atoms with Gasteiger partial charge in [-0.25, -0.2) is 0 Å². The normalized spacial score (nSPS) is 14.8. The van der Waals surface area contributed by atoms with Gasteiger partial charge in [-0.2, -0.15) is 0 Å². The molecule has 1 N–H and O–H groups in total. The minimum absolute atomic E-state index is 0.0325. The molecule has 1 fully saturated rings. The number of rotatable bonds is 4. The van der Waals surface area contributed by atoms with Crippen LogP contribution in [0.5, 0.6) is 0 Å². The van der Waals surface area contributed by atoms with Gasteiger partial charge in [0, 0.05) is 37.3 Å². The first-order chi connectivity index (χ1) is 13.4. The predicted molar refractivity (Wildman–Crippen MR) is 113 cm³/mol. The third kappa shape index (κ3) is 4.54. The monoisotopic (exact) mass is 399 g/mol. The summed E-state index contributed by atoms with van der Waals surface area (Å²) in [5.74, 6) is -0.311. The molecule has 148 valence electrons. The fourth-order valence-corrected chi connectivity index (χ4v) is 3.87. The number of piperazine rings is 1. The second-order valence-corrected chi connectivity index (χ2v) is 7.61. The van der Waals surface area contributed by atoms with E-state index in [1.165, 1.54) is 0 Å². The van der Waals surface area contributed by atoms with Gasteiger partial charge in [-0.3, -0.25) is 9.59 Å². The van der Waals surface area contributed by atoms with Crippen molar-refractivity contribution in [3.05, 3.63) is 63.7 Å². The van der Waals surface area contributed by atoms with Crippen LogP contribution in [0.25, 0.3) is 0 Å². The fourth-order valence-electron chi connectivity index (χ4n) is 3.50. The molecule has 1 heterocycles. The van der Waals surface area contributed by atoms with Gasteiger partial charge in [0.15, 0.2) is 0 Å². The van der Waals surface area contributed by atoms with Gasteiger partial charge in [-0.15, -0.1) is 0 Å². The third-order valence-electron chi connectivity index (χ3n) is 5.15. The molecule has 2 aromatic rings. The molecule has 0 atom stereocenters. The molecule has 0 aliphatic carbocycles. The van der Waals surface area contributed by atoms with Crippen LogP contribution in [0.2, 0.25) is 5.02 Å². The highest BCUT2D eigenvalue weighted by Gasteiger charge is 2.22. The Morgan fingerprint density at radius 3 is 2.36 bits per heavy atom. The SMILES string of the molecule is CCN1CCN(C(=O)c2cccc(C(=O)Nc3c(C)cc(C)cc3Cl)c2)CC1. The molecule has 3 rings (SSSR count). The molecule has 0 bridgehead atoms. The Kier molecular flexibility index (Phi) is 6.37. The van der Waals surface area contributed by atoms with Crippen LogP contribution in [0.4, 0.5) is 5.69 Å². The van der Waals surface area contributed by atoms with Crippen LogP contribution in [0.1, 0.15) is 38.8 Å². The second kappa shape index (κ2) is 8.76. The average Bonchev–Trinajstić information content (AvgIpc) is 2.70. The van der Waals surface area contributed by atoms with Crippen LogP contribution in [-0.4, -0.2) is 54.3 Å². The molecule has 1 aliphatic rings. The van der Waals surface area contributed by atoms with Crippen molar-refractivity contribution in [3.8, 4) is 0 Å². The molecule has 1 aliphatic heterocycles. The van der Waals surface area contributed by atoms with Crippen molar-refractivity contribution in [2.75, 3.05) is 38.0 Å². The molecular weight excluding hydrogens is 374 g/mol. The molecule has 0 radical (unpaired) electrons. The number of hydrogen-bond donors (Lipinski definition) is 1. The van der Waals surface area contributed by atoms with Crippen LogP contribution < -0.4 is 5.32 Å². The zero-order valence-electron chi connectivity index (χ0n) is 16.6. The number of likely N-dealkylation sites (N-methyl/N-ethyl adjacent to an activating group) is 1. The number of carbonyl (C=O) groups excluding carboxylic acids is 2. The Balaban J connectivity index is 1.74. The van der Waals surface area contributed by atoms with Gasteiger partial charge >= 0.3 is 0 Å². The number of aryl methyl sites for hydroxylation is 2. The Morgan fingerprint density at radius 2 is 1.71 bits per heavy atom. The zero-order chi connectivity index (χ0) is 20.3. The summed E-state index contributed by atoms with van der Waals surface area (Å²) in [7, 11) is 0. The minimum Gasteiger partial charge on any atom is -0.336 e. The van der Waals surface area contributed by atoms with Crippen LogP contribution in [0, 0.1) is 13.8 Å². The molecule has 1 saturated heterocycles. The van der Waals surface area contributed by atoms with E-state index in [2.05, 4.69) is 17.1 Å². The lowest BCUT2D eigenvalue weighted by Crippen LogP contribution is -2.48. The summed E-state index contributed by atoms with van der Waals surface area (Å²) in [6, 6.07) is 10.7. The second-order valence-electron chi connectivity index (χ2n) is 7.20. The number of nitrogens with zero attached hydrogens (tertiary/aromatic N) is 2. The first-order valence-electron chi connectivity index (χ1n) is 9.59. The number of halogens is 1. The molecule has 2 aromatic carbocycles. The summed E-state index contributed by atoms with van der Waals surface area (Å²) in [5, 5.41) is 3.39. The molecule has 0 spiro atoms. The quantitative estimate of drug-likeness (QED) is 0.845. The smallest absolute Gasteiger partial charge is 0.255 e. The Morgan fingerprint density at radius 1 is 1.04 bits per heavy atom. The van der Waals surface area contributed by atoms with Crippen LogP contribution in [0.15, 0.2) is 36.4 Å². The first-order valence-corrected chi connectivity index (χ1v) is 9.96. The summed E-state index contributed by atoms with van der Waals surface area (Å²) < 4.78 is 0. The minimum atomic E-state index is -0.278. The average molecular weight is 400 g/mol. The highest BCUT2D eigenvalue weighted by molar-refractivity contribution is 6.34. The Bertz CT molecular complexity index is 866. The maximum Gasteiger partial charge on any atom is 0.255 e. The molecule has 5 nitrogen and oxygen atoms in total. The molecule has 0 saturated carbocycles. The molecule has 2 amide bonds. The van der Waals surface area contributed by atoms with Gasteiger partial charge in [0.1, 0.15) is 0 Å². The number of carbonyl (C=O) groups is 2. The van der Waals surface area contributed by atoms with E-state index in [9.17, 15) is 9.59 Å². The molecule has 6 heteroatoms. The summed E-state index contributed by atoms with van der Waals surface area (Å²) in [6.45, 7) is 10.2. The van der Waals surface area contributed by atoms with Gasteiger partial charge in [0.25, 0.3) is 11.8 Å². The standard InChI is InChI=1S/C22H26ClN3O2/c1-4-25-8-10-26(11-9-25)22(28)18-7-5-6-17(14-18)21(27)24-20-16(3)12-15(2)13-19(20)23/h5-7,12-14H,4,8-11H2,1-3H3,(H,24,27). The van der Waals surface area contributed by atoms with Crippen LogP contribution in [0.3, 0.4) is 0 Å². The van der Waals surface area contributed by atoms with E-state index >= 15 is 0 Å². The van der Waals surface area contributed by atoms with Gasteiger partial charge in [0.2, 0.25) is 0 Å². The first kappa shape index (κ1) is 20.4. The van der Waals surface area contributed by atoms with E-state index in [0.717, 1.165) is 30.8 Å². The van der Waals surface area contributed by atoms with Gasteiger partial charge < -0.3 is 15.1 Å². The van der Waals surface area contributed by atoms with Gasteiger partial charge in [0.05, 0.1) is 10.7 Å². The lowest BCUT2D eigenvalue weighted by molar-refractivity contribution is 0.0643. The van der Waals surface area contributed by atoms with E-state index in [1.54, 1.807) is 24.3 Å². The van der Waals surface area contributed by atoms with Crippen LogP contribution >= 0.6 is 11.6 Å². The molecular formula is C22H26ClN3O2. The van der Waals surface area contributed by atoms with E-state index in [4.69, 9.17) is 11.6 Å². The molecule has 28 heavy (non-hydrogen) atoms. The lowest BCUT2D eigenvalue weighted by atomic mass is 10.1. The number of amides is 2. The van der Waals surface area contributed by atoms with E-state index in [0.29, 0.717) is 34.9 Å². The maximum absolute atomic E-state index is 12.8. The maximum atomic E-state index is 12.8. The van der Waals surface area contributed by atoms with Crippen molar-refractivity contribution in [3.63, 3.8) is 0 Å². The van der Waals surface area contributed by atoms with Gasteiger partial charge in [-0.1, -0.05) is 30.7 Å². The predicted octanol–water partition coefficient (Wildman–Crippen LogP) is 3.99. The van der Waals surface area contributed by atoms with E-state index in [-0.39, 0.29) is 11.8 Å². The zero-order valence-corrected chi connectivity index (χ0v) is 17.3. The Hall–Kier alpha value is -2.37. The lowest BCUT2D eigenvalue weighted by Gasteiger charge is -2.34. The third-order valence-corrected chi connectivity index (χ3v) is 5.45. The Labute approximate surface area is 171 Å². The topological polar surface area (TPSA) is 52.7 Å². The van der Waals surface area contributed by atoms with Crippen molar-refractivity contribution in [2.45, 2.75) is 20.8 Å². The number of nitrogens with one attached hydrogen (secondary N) is 1. The number of hydrogen-bond acceptors (Lipinski definition) is 3. The molecule has 0 aromatic heterocycles. The highest BCUT2D eigenvalue weighted by atomic mass is 35.5. The van der Waals surface area contributed by atoms with E-state index < -0.39 is 0 Å². The summed E-state index contributed by atoms with van der Waals surface area (Å²) in [5.41, 5.74) is 3.51. The number of benzene rings is 2. The summed E-state index contributed by atoms with van der Waals surface area (Å²) in [4.78, 5) is 29.7. The largest absolute Gasteiger partial charge is 0.336 e. The van der Waals surface area contributed by atoms with Crippen molar-refractivity contribution < 1.29 is 9.59 Å². The highest BCUT2D eigenvalue weighted by Crippen LogP contribution is 2.28. The van der Waals surface area contributed by atoms with Crippen LogP contribution in [-0.2, 0) is 0 Å². The fraction of sp³-hybridized carbons (Fsp3) is 0.364. The van der Waals surface area contributed by atoms with Crippen molar-refractivity contribution >= 4 is 29.1 Å². The van der Waals surface area contributed by atoms with Crippen molar-refractivity contribution in [1.29, 1.82) is 0 Å². The number of anilines is 1. The summed E-state index contributed by atoms with van der Waals surface area (Å²) in [6.07, 6.45) is 0. The summed E-state index contributed by atoms with van der Waals surface area (Å²) >= 11 is 6.29. The van der Waals surface area contributed by atoms with Crippen molar-refractivity contribution in [1.82, 2.24) is 9.80 Å². The van der Waals surface area contributed by atoms with Gasteiger partial charge in [-0.05, 0) is 55.8 Å². The molecule has 0 unspecified atom stereocenters. The van der Waals surface area contributed by atoms with E-state index in [1.807, 2.05) is 30.9 Å². The van der Waals surface area contributed by atoms with Crippen molar-refractivity contribution in [2.24, 2.45) is 0 Å².